The van der Waals surface area contributed by atoms with Crippen LogP contribution in [0.3, 0.4) is 0 Å². The molecular weight excluding hydrogens is 478 g/mol. The van der Waals surface area contributed by atoms with Crippen molar-refractivity contribution in [2.75, 3.05) is 33.0 Å². The summed E-state index contributed by atoms with van der Waals surface area (Å²) in [6, 6.07) is 7.78. The van der Waals surface area contributed by atoms with Crippen LogP contribution in [0.1, 0.15) is 84.6 Å². The van der Waals surface area contributed by atoms with Crippen molar-refractivity contribution < 1.29 is 32.5 Å². The first-order valence-corrected chi connectivity index (χ1v) is 14.2. The minimum absolute atomic E-state index is 0.0888. The molecule has 37 heavy (non-hydrogen) atoms. The van der Waals surface area contributed by atoms with E-state index in [4.69, 9.17) is 23.7 Å². The summed E-state index contributed by atoms with van der Waals surface area (Å²) < 4.78 is 61.9. The number of halogens is 2. The van der Waals surface area contributed by atoms with E-state index in [1.54, 1.807) is 18.2 Å². The maximum absolute atomic E-state index is 15.4. The Balaban J connectivity index is 2.44. The molecule has 0 bridgehead atoms. The van der Waals surface area contributed by atoms with E-state index in [2.05, 4.69) is 27.7 Å². The van der Waals surface area contributed by atoms with Gasteiger partial charge in [0.1, 0.15) is 24.1 Å². The van der Waals surface area contributed by atoms with Crippen molar-refractivity contribution in [1.29, 1.82) is 0 Å². The van der Waals surface area contributed by atoms with E-state index >= 15 is 8.78 Å². The third-order valence-electron chi connectivity index (χ3n) is 6.37. The Labute approximate surface area is 222 Å². The monoisotopic (exact) mass is 526 g/mol. The second-order valence-electron chi connectivity index (χ2n) is 9.64. The molecule has 1 aliphatic rings. The van der Waals surface area contributed by atoms with Crippen molar-refractivity contribution in [2.24, 2.45) is 0 Å². The molecule has 0 saturated carbocycles. The maximum atomic E-state index is 15.4. The van der Waals surface area contributed by atoms with Gasteiger partial charge in [0, 0.05) is 38.1 Å². The fraction of sp³-hybridized carbons (Fsp3) is 0.733. The van der Waals surface area contributed by atoms with Gasteiger partial charge in [-0.05, 0) is 25.7 Å². The first kappa shape index (κ1) is 31.7. The summed E-state index contributed by atoms with van der Waals surface area (Å²) in [5.74, 6) is -3.15. The molecule has 7 heteroatoms. The van der Waals surface area contributed by atoms with Gasteiger partial charge in [0.2, 0.25) is 0 Å². The molecule has 0 unspecified atom stereocenters. The Morgan fingerprint density at radius 3 is 1.89 bits per heavy atom. The molecule has 0 N–H and O–H groups in total. The number of unbranched alkanes of at least 4 members (excludes halogenated alkanes) is 4. The van der Waals surface area contributed by atoms with Gasteiger partial charge in [-0.1, -0.05) is 83.7 Å². The van der Waals surface area contributed by atoms with E-state index in [-0.39, 0.29) is 17.9 Å². The minimum atomic E-state index is -3.24. The summed E-state index contributed by atoms with van der Waals surface area (Å²) in [6.07, 6.45) is 5.82. The quantitative estimate of drug-likeness (QED) is 0.175. The summed E-state index contributed by atoms with van der Waals surface area (Å²) in [6.45, 7) is 10.6. The van der Waals surface area contributed by atoms with Crippen molar-refractivity contribution in [3.05, 3.63) is 47.7 Å². The number of rotatable bonds is 19. The Bertz CT molecular complexity index is 743. The van der Waals surface area contributed by atoms with Crippen LogP contribution in [0.15, 0.2) is 42.2 Å². The van der Waals surface area contributed by atoms with Crippen LogP contribution in [0.25, 0.3) is 0 Å². The summed E-state index contributed by atoms with van der Waals surface area (Å²) in [5.41, 5.74) is -0.0982. The van der Waals surface area contributed by atoms with Crippen LogP contribution in [0.5, 0.6) is 0 Å². The minimum Gasteiger partial charge on any atom is -0.487 e. The van der Waals surface area contributed by atoms with Gasteiger partial charge in [0.15, 0.2) is 6.10 Å². The molecule has 0 spiro atoms. The number of hydrogen-bond donors (Lipinski definition) is 0. The fourth-order valence-corrected chi connectivity index (χ4v) is 4.11. The van der Waals surface area contributed by atoms with Gasteiger partial charge in [-0.2, -0.15) is 8.78 Å². The second-order valence-corrected chi connectivity index (χ2v) is 9.64. The zero-order valence-electron chi connectivity index (χ0n) is 23.3. The molecule has 0 amide bonds. The van der Waals surface area contributed by atoms with E-state index in [1.165, 1.54) is 12.1 Å². The number of allylic oxidation sites excluding steroid dienone is 1. The van der Waals surface area contributed by atoms with Gasteiger partial charge in [-0.15, -0.1) is 0 Å². The van der Waals surface area contributed by atoms with Crippen molar-refractivity contribution in [2.45, 2.75) is 109 Å². The average Bonchev–Trinajstić information content (AvgIpc) is 2.90. The smallest absolute Gasteiger partial charge is 0.295 e. The van der Waals surface area contributed by atoms with Crippen LogP contribution in [0.2, 0.25) is 0 Å². The zero-order valence-corrected chi connectivity index (χ0v) is 23.3. The molecule has 5 nitrogen and oxygen atoms in total. The summed E-state index contributed by atoms with van der Waals surface area (Å²) in [4.78, 5) is 0. The lowest BCUT2D eigenvalue weighted by Crippen LogP contribution is -2.57. The number of ether oxygens (including phenoxy) is 5. The van der Waals surface area contributed by atoms with Crippen molar-refractivity contribution in [1.82, 2.24) is 0 Å². The van der Waals surface area contributed by atoms with Crippen LogP contribution < -0.4 is 0 Å². The number of hydrogen-bond acceptors (Lipinski definition) is 5. The van der Waals surface area contributed by atoms with Gasteiger partial charge in [-0.25, -0.2) is 0 Å². The largest absolute Gasteiger partial charge is 0.487 e. The third-order valence-corrected chi connectivity index (χ3v) is 6.37. The fourth-order valence-electron chi connectivity index (χ4n) is 4.11. The van der Waals surface area contributed by atoms with E-state index < -0.39 is 30.3 Å². The molecule has 1 aromatic rings. The maximum Gasteiger partial charge on any atom is 0.295 e. The summed E-state index contributed by atoms with van der Waals surface area (Å²) in [7, 11) is 0. The standard InChI is InChI=1S/C30H48F2O5/c1-5-9-18-33-23-26-28(35-20-11-7-3)29(36-21-12-8-4)27(34-19-10-6-2)25(37-26)22-30(31,32)24-16-14-13-15-17-24/h13-17,22,26-29H,5-12,18-21,23H2,1-4H3/b25-22+/t26-,27+,28-,29-/m1/s1. The molecule has 212 valence electrons. The predicted octanol–water partition coefficient (Wildman–Crippen LogP) is 7.43. The molecular formula is C30H48F2O5. The topological polar surface area (TPSA) is 46.2 Å². The number of benzene rings is 1. The highest BCUT2D eigenvalue weighted by atomic mass is 19.3. The molecule has 1 heterocycles. The van der Waals surface area contributed by atoms with Crippen LogP contribution in [0, 0.1) is 0 Å². The highest BCUT2D eigenvalue weighted by molar-refractivity contribution is 5.27. The third kappa shape index (κ3) is 10.6. The molecule has 2 rings (SSSR count). The molecule has 0 aliphatic carbocycles. The Morgan fingerprint density at radius 1 is 0.757 bits per heavy atom. The van der Waals surface area contributed by atoms with E-state index in [0.717, 1.165) is 57.4 Å². The van der Waals surface area contributed by atoms with Crippen molar-refractivity contribution in [3.63, 3.8) is 0 Å². The first-order valence-electron chi connectivity index (χ1n) is 14.2. The zero-order chi connectivity index (χ0) is 26.9. The molecule has 0 radical (unpaired) electrons. The lowest BCUT2D eigenvalue weighted by Gasteiger charge is -2.44. The van der Waals surface area contributed by atoms with E-state index in [1.807, 2.05) is 0 Å². The first-order chi connectivity index (χ1) is 18.0. The van der Waals surface area contributed by atoms with Gasteiger partial charge in [0.25, 0.3) is 5.92 Å². The van der Waals surface area contributed by atoms with Crippen molar-refractivity contribution in [3.8, 4) is 0 Å². The summed E-state index contributed by atoms with van der Waals surface area (Å²) >= 11 is 0. The highest BCUT2D eigenvalue weighted by Gasteiger charge is 2.47. The van der Waals surface area contributed by atoms with Crippen molar-refractivity contribution >= 4 is 0 Å². The SMILES string of the molecule is CCCCOC[C@H]1O/C(=C/C(F)(F)c2ccccc2)[C@H](OCCCC)[C@@H](OCCCC)[C@@H]1OCCCC. The molecule has 4 atom stereocenters. The molecule has 1 aliphatic heterocycles. The highest BCUT2D eigenvalue weighted by Crippen LogP contribution is 2.37. The van der Waals surface area contributed by atoms with Crippen LogP contribution in [-0.4, -0.2) is 57.5 Å². The van der Waals surface area contributed by atoms with Crippen LogP contribution >= 0.6 is 0 Å². The van der Waals surface area contributed by atoms with Gasteiger partial charge in [0.05, 0.1) is 6.61 Å². The molecule has 1 fully saturated rings. The number of alkyl halides is 2. The van der Waals surface area contributed by atoms with Gasteiger partial charge >= 0.3 is 0 Å². The lowest BCUT2D eigenvalue weighted by molar-refractivity contribution is -0.216. The molecule has 0 aromatic heterocycles. The lowest BCUT2D eigenvalue weighted by atomic mass is 9.95. The van der Waals surface area contributed by atoms with E-state index in [9.17, 15) is 0 Å². The van der Waals surface area contributed by atoms with Crippen LogP contribution in [-0.2, 0) is 29.6 Å². The van der Waals surface area contributed by atoms with Gasteiger partial charge in [-0.3, -0.25) is 0 Å². The molecule has 1 saturated heterocycles. The Hall–Kier alpha value is -1.54. The Morgan fingerprint density at radius 2 is 1.30 bits per heavy atom. The van der Waals surface area contributed by atoms with E-state index in [0.29, 0.717) is 26.4 Å². The van der Waals surface area contributed by atoms with Crippen LogP contribution in [0.4, 0.5) is 8.78 Å². The van der Waals surface area contributed by atoms with Gasteiger partial charge < -0.3 is 23.7 Å². The molecule has 1 aromatic carbocycles. The average molecular weight is 527 g/mol. The Kier molecular flexibility index (Phi) is 15.3. The predicted molar refractivity (Wildman–Crippen MR) is 143 cm³/mol. The second kappa shape index (κ2) is 17.9. The normalized spacial score (nSPS) is 23.4. The summed E-state index contributed by atoms with van der Waals surface area (Å²) in [5, 5.41) is 0.